The Balaban J connectivity index is 1.57. The minimum Gasteiger partial charge on any atom is -0.320 e. The SMILES string of the molecule is C#Cc1cnccc1-c1ccc(C(=O)Nc2cnc(-n3nccn3)c(Cl)c2)c(Cl)n1. The van der Waals surface area contributed by atoms with Gasteiger partial charge in [0.2, 0.25) is 0 Å². The lowest BCUT2D eigenvalue weighted by Crippen LogP contribution is -2.14. The van der Waals surface area contributed by atoms with Crippen LogP contribution < -0.4 is 5.32 Å². The Morgan fingerprint density at radius 2 is 1.90 bits per heavy atom. The number of rotatable bonds is 4. The lowest BCUT2D eigenvalue weighted by molar-refractivity contribution is 0.102. The number of pyridine rings is 3. The molecule has 1 N–H and O–H groups in total. The molecule has 4 aromatic rings. The normalized spacial score (nSPS) is 10.4. The molecule has 0 aliphatic heterocycles. The highest BCUT2D eigenvalue weighted by Gasteiger charge is 2.16. The molecule has 30 heavy (non-hydrogen) atoms. The van der Waals surface area contributed by atoms with E-state index in [-0.39, 0.29) is 15.7 Å². The summed E-state index contributed by atoms with van der Waals surface area (Å²) in [5, 5.41) is 10.9. The number of amides is 1. The van der Waals surface area contributed by atoms with Crippen molar-refractivity contribution in [3.8, 4) is 29.4 Å². The number of terminal acetylenes is 1. The van der Waals surface area contributed by atoms with Gasteiger partial charge in [-0.05, 0) is 24.3 Å². The first-order valence-corrected chi connectivity index (χ1v) is 9.23. The van der Waals surface area contributed by atoms with E-state index in [1.165, 1.54) is 29.5 Å². The summed E-state index contributed by atoms with van der Waals surface area (Å²) in [6.07, 6.45) is 13.1. The van der Waals surface area contributed by atoms with E-state index >= 15 is 0 Å². The number of hydrogen-bond donors (Lipinski definition) is 1. The maximum absolute atomic E-state index is 12.7. The Hall–Kier alpha value is -3.80. The summed E-state index contributed by atoms with van der Waals surface area (Å²) >= 11 is 12.5. The van der Waals surface area contributed by atoms with Gasteiger partial charge in [-0.2, -0.15) is 10.2 Å². The first kappa shape index (κ1) is 19.5. The number of hydrogen-bond acceptors (Lipinski definition) is 6. The molecule has 0 aliphatic rings. The molecule has 8 nitrogen and oxygen atoms in total. The highest BCUT2D eigenvalue weighted by atomic mass is 35.5. The van der Waals surface area contributed by atoms with Crippen molar-refractivity contribution in [3.63, 3.8) is 0 Å². The summed E-state index contributed by atoms with van der Waals surface area (Å²) in [6.45, 7) is 0. The van der Waals surface area contributed by atoms with Crippen molar-refractivity contribution >= 4 is 34.8 Å². The van der Waals surface area contributed by atoms with Crippen LogP contribution in [0.1, 0.15) is 15.9 Å². The number of nitrogens with one attached hydrogen (secondary N) is 1. The third kappa shape index (κ3) is 3.85. The van der Waals surface area contributed by atoms with E-state index in [9.17, 15) is 4.79 Å². The van der Waals surface area contributed by atoms with Crippen molar-refractivity contribution in [3.05, 3.63) is 76.6 Å². The molecule has 0 saturated heterocycles. The second-order valence-corrected chi connectivity index (χ2v) is 6.67. The third-order valence-electron chi connectivity index (χ3n) is 4.03. The molecule has 1 amide bonds. The molecule has 4 aromatic heterocycles. The maximum Gasteiger partial charge on any atom is 0.258 e. The van der Waals surface area contributed by atoms with Crippen molar-refractivity contribution < 1.29 is 4.79 Å². The van der Waals surface area contributed by atoms with Crippen LogP contribution in [0.15, 0.2) is 55.2 Å². The fraction of sp³-hybridized carbons (Fsp3) is 0. The van der Waals surface area contributed by atoms with Gasteiger partial charge in [0, 0.05) is 18.0 Å². The molecule has 0 aromatic carbocycles. The second kappa shape index (κ2) is 8.29. The van der Waals surface area contributed by atoms with Crippen LogP contribution in [0.25, 0.3) is 17.1 Å². The van der Waals surface area contributed by atoms with E-state index in [0.717, 1.165) is 0 Å². The highest BCUT2D eigenvalue weighted by molar-refractivity contribution is 6.34. The summed E-state index contributed by atoms with van der Waals surface area (Å²) in [5.41, 5.74) is 2.37. The molecule has 0 unspecified atom stereocenters. The molecule has 0 spiro atoms. The van der Waals surface area contributed by atoms with E-state index in [1.807, 2.05) is 0 Å². The number of carbonyl (C=O) groups is 1. The Kier molecular flexibility index (Phi) is 5.39. The number of nitrogens with zero attached hydrogens (tertiary/aromatic N) is 6. The largest absolute Gasteiger partial charge is 0.320 e. The van der Waals surface area contributed by atoms with Crippen molar-refractivity contribution in [2.75, 3.05) is 5.32 Å². The number of aromatic nitrogens is 6. The molecule has 0 radical (unpaired) electrons. The number of carbonyl (C=O) groups excluding carboxylic acids is 1. The predicted octanol–water partition coefficient (Wildman–Crippen LogP) is 3.66. The zero-order valence-electron chi connectivity index (χ0n) is 15.1. The van der Waals surface area contributed by atoms with Gasteiger partial charge in [-0.1, -0.05) is 29.1 Å². The molecule has 0 saturated carbocycles. The molecule has 0 aliphatic carbocycles. The standard InChI is InChI=1S/C20H11Cl2N7O/c1-2-12-10-23-6-5-14(12)17-4-3-15(18(22)28-17)20(30)27-13-9-16(21)19(24-11-13)29-25-7-8-26-29/h1,3-11H,(H,27,30). The predicted molar refractivity (Wildman–Crippen MR) is 113 cm³/mol. The fourth-order valence-electron chi connectivity index (χ4n) is 2.66. The van der Waals surface area contributed by atoms with Gasteiger partial charge in [0.05, 0.1) is 46.1 Å². The van der Waals surface area contributed by atoms with E-state index in [4.69, 9.17) is 29.6 Å². The van der Waals surface area contributed by atoms with Crippen LogP contribution in [-0.4, -0.2) is 35.9 Å². The lowest BCUT2D eigenvalue weighted by Gasteiger charge is -2.10. The van der Waals surface area contributed by atoms with Gasteiger partial charge in [0.15, 0.2) is 5.82 Å². The maximum atomic E-state index is 12.7. The molecule has 4 heterocycles. The Bertz CT molecular complexity index is 1280. The van der Waals surface area contributed by atoms with Crippen LogP contribution in [-0.2, 0) is 0 Å². The van der Waals surface area contributed by atoms with Crippen molar-refractivity contribution in [2.24, 2.45) is 0 Å². The number of halogens is 2. The van der Waals surface area contributed by atoms with Crippen LogP contribution >= 0.6 is 23.2 Å². The molecule has 0 fully saturated rings. The molecule has 0 atom stereocenters. The molecular weight excluding hydrogens is 425 g/mol. The summed E-state index contributed by atoms with van der Waals surface area (Å²) < 4.78 is 0. The van der Waals surface area contributed by atoms with Gasteiger partial charge < -0.3 is 5.32 Å². The van der Waals surface area contributed by atoms with Crippen LogP contribution in [0, 0.1) is 12.3 Å². The number of anilines is 1. The zero-order valence-corrected chi connectivity index (χ0v) is 16.6. The van der Waals surface area contributed by atoms with Gasteiger partial charge >= 0.3 is 0 Å². The molecular formula is C20H11Cl2N7O. The second-order valence-electron chi connectivity index (χ2n) is 5.90. The van der Waals surface area contributed by atoms with Gasteiger partial charge in [-0.15, -0.1) is 11.2 Å². The minimum absolute atomic E-state index is 0.0289. The first-order chi connectivity index (χ1) is 14.6. The monoisotopic (exact) mass is 435 g/mol. The van der Waals surface area contributed by atoms with Gasteiger partial charge in [-0.25, -0.2) is 9.97 Å². The fourth-order valence-corrected chi connectivity index (χ4v) is 3.14. The van der Waals surface area contributed by atoms with Crippen LogP contribution in [0.3, 0.4) is 0 Å². The van der Waals surface area contributed by atoms with Gasteiger partial charge in [-0.3, -0.25) is 9.78 Å². The average Bonchev–Trinajstić information content (AvgIpc) is 3.28. The van der Waals surface area contributed by atoms with Gasteiger partial charge in [0.1, 0.15) is 5.15 Å². The molecule has 10 heteroatoms. The van der Waals surface area contributed by atoms with Crippen LogP contribution in [0.4, 0.5) is 5.69 Å². The quantitative estimate of drug-likeness (QED) is 0.387. The summed E-state index contributed by atoms with van der Waals surface area (Å²) in [5.74, 6) is 2.42. The lowest BCUT2D eigenvalue weighted by atomic mass is 10.1. The highest BCUT2D eigenvalue weighted by Crippen LogP contribution is 2.25. The average molecular weight is 436 g/mol. The summed E-state index contributed by atoms with van der Waals surface area (Å²) in [4.78, 5) is 26.4. The zero-order chi connectivity index (χ0) is 21.1. The van der Waals surface area contributed by atoms with E-state index < -0.39 is 5.91 Å². The third-order valence-corrected chi connectivity index (χ3v) is 4.60. The Morgan fingerprint density at radius 1 is 1.10 bits per heavy atom. The van der Waals surface area contributed by atoms with E-state index in [0.29, 0.717) is 28.3 Å². The van der Waals surface area contributed by atoms with Crippen molar-refractivity contribution in [1.82, 2.24) is 29.9 Å². The minimum atomic E-state index is -0.464. The first-order valence-electron chi connectivity index (χ1n) is 8.48. The van der Waals surface area contributed by atoms with E-state index in [2.05, 4.69) is 36.4 Å². The van der Waals surface area contributed by atoms with Crippen LogP contribution in [0.2, 0.25) is 10.2 Å². The Labute approximate surface area is 180 Å². The molecule has 146 valence electrons. The summed E-state index contributed by atoms with van der Waals surface area (Å²) in [6, 6.07) is 6.50. The smallest absolute Gasteiger partial charge is 0.258 e. The summed E-state index contributed by atoms with van der Waals surface area (Å²) in [7, 11) is 0. The Morgan fingerprint density at radius 3 is 2.60 bits per heavy atom. The molecule has 0 bridgehead atoms. The van der Waals surface area contributed by atoms with Crippen molar-refractivity contribution in [1.29, 1.82) is 0 Å². The van der Waals surface area contributed by atoms with Crippen LogP contribution in [0.5, 0.6) is 0 Å². The topological polar surface area (TPSA) is 98.5 Å². The van der Waals surface area contributed by atoms with Gasteiger partial charge in [0.25, 0.3) is 5.91 Å². The molecule has 4 rings (SSSR count). The van der Waals surface area contributed by atoms with Crippen molar-refractivity contribution in [2.45, 2.75) is 0 Å². The van der Waals surface area contributed by atoms with E-state index in [1.54, 1.807) is 30.6 Å².